The van der Waals surface area contributed by atoms with E-state index in [9.17, 15) is 0 Å². The van der Waals surface area contributed by atoms with Gasteiger partial charge in [-0.1, -0.05) is 23.4 Å². The molecule has 0 fully saturated rings. The summed E-state index contributed by atoms with van der Waals surface area (Å²) in [7, 11) is 0. The Kier molecular flexibility index (Phi) is 2.65. The van der Waals surface area contributed by atoms with Gasteiger partial charge in [-0.2, -0.15) is 0 Å². The highest BCUT2D eigenvalue weighted by Crippen LogP contribution is 2.43. The van der Waals surface area contributed by atoms with E-state index in [-0.39, 0.29) is 0 Å². The maximum absolute atomic E-state index is 6.40. The van der Waals surface area contributed by atoms with Gasteiger partial charge in [0.05, 0.1) is 22.0 Å². The molecule has 0 spiro atoms. The molecule has 0 unspecified atom stereocenters. The molecule has 2 nitrogen and oxygen atoms in total. The Bertz CT molecular complexity index is 745. The zero-order valence-corrected chi connectivity index (χ0v) is 12.7. The van der Waals surface area contributed by atoms with Crippen molar-refractivity contribution in [3.63, 3.8) is 0 Å². The molecule has 2 aromatic rings. The molecule has 1 aromatic heterocycles. The molecule has 0 amide bonds. The average molecular weight is 307 g/mol. The third-order valence-electron chi connectivity index (χ3n) is 3.43. The summed E-state index contributed by atoms with van der Waals surface area (Å²) >= 11 is 9.87. The van der Waals surface area contributed by atoms with E-state index in [4.69, 9.17) is 11.6 Å². The minimum absolute atomic E-state index is 0.845. The van der Waals surface area contributed by atoms with E-state index in [1.807, 2.05) is 0 Å². The topological polar surface area (TPSA) is 15.6 Å². The van der Waals surface area contributed by atoms with E-state index in [0.29, 0.717) is 0 Å². The first kappa shape index (κ1) is 11.8. The first-order valence-corrected chi connectivity index (χ1v) is 8.19. The van der Waals surface area contributed by atoms with E-state index in [1.54, 1.807) is 23.1 Å². The van der Waals surface area contributed by atoms with Gasteiger partial charge < -0.3 is 4.90 Å². The summed E-state index contributed by atoms with van der Waals surface area (Å²) in [5, 5.41) is 5.29. The number of nitrogens with zero attached hydrogens (tertiary/aromatic N) is 2. The minimum Gasteiger partial charge on any atom is -0.318 e. The highest BCUT2D eigenvalue weighted by molar-refractivity contribution is 8.17. The molecule has 0 N–H and O–H groups in total. The van der Waals surface area contributed by atoms with Crippen molar-refractivity contribution in [1.82, 2.24) is 4.90 Å². The van der Waals surface area contributed by atoms with Gasteiger partial charge in [-0.25, -0.2) is 0 Å². The van der Waals surface area contributed by atoms with Crippen LogP contribution >= 0.6 is 34.7 Å². The van der Waals surface area contributed by atoms with Crippen LogP contribution in [-0.4, -0.2) is 23.2 Å². The second-order valence-electron chi connectivity index (χ2n) is 4.62. The van der Waals surface area contributed by atoms with Crippen LogP contribution in [0.1, 0.15) is 12.5 Å². The van der Waals surface area contributed by atoms with Crippen LogP contribution in [0.2, 0.25) is 5.02 Å². The number of thioether (sulfide) groups is 1. The molecule has 96 valence electrons. The molecule has 0 aliphatic carbocycles. The van der Waals surface area contributed by atoms with Crippen LogP contribution in [-0.2, 0) is 0 Å². The van der Waals surface area contributed by atoms with E-state index >= 15 is 0 Å². The maximum Gasteiger partial charge on any atom is 0.168 e. The van der Waals surface area contributed by atoms with Crippen LogP contribution in [0.3, 0.4) is 0 Å². The van der Waals surface area contributed by atoms with Crippen molar-refractivity contribution in [2.45, 2.75) is 6.92 Å². The second-order valence-corrected chi connectivity index (χ2v) is 7.12. The van der Waals surface area contributed by atoms with Gasteiger partial charge in [0.15, 0.2) is 5.17 Å². The second kappa shape index (κ2) is 4.27. The fourth-order valence-corrected chi connectivity index (χ4v) is 4.82. The first-order valence-electron chi connectivity index (χ1n) is 6.12. The van der Waals surface area contributed by atoms with E-state index in [2.05, 4.69) is 40.4 Å². The van der Waals surface area contributed by atoms with Gasteiger partial charge in [0, 0.05) is 17.0 Å². The van der Waals surface area contributed by atoms with Gasteiger partial charge in [0.1, 0.15) is 0 Å². The van der Waals surface area contributed by atoms with Crippen molar-refractivity contribution in [3.8, 4) is 0 Å². The third kappa shape index (κ3) is 1.74. The smallest absolute Gasteiger partial charge is 0.168 e. The Balaban J connectivity index is 1.90. The van der Waals surface area contributed by atoms with Crippen LogP contribution in [0.25, 0.3) is 15.8 Å². The van der Waals surface area contributed by atoms with Crippen molar-refractivity contribution in [1.29, 1.82) is 0 Å². The molecule has 2 aliphatic heterocycles. The first-order chi connectivity index (χ1) is 9.24. The van der Waals surface area contributed by atoms with Crippen molar-refractivity contribution in [2.24, 2.45) is 4.99 Å². The molecular weight excluding hydrogens is 296 g/mol. The predicted molar refractivity (Wildman–Crippen MR) is 86.0 cm³/mol. The Morgan fingerprint density at radius 1 is 1.37 bits per heavy atom. The fourth-order valence-electron chi connectivity index (χ4n) is 2.63. The quantitative estimate of drug-likeness (QED) is 0.761. The summed E-state index contributed by atoms with van der Waals surface area (Å²) in [5.41, 5.74) is 2.48. The van der Waals surface area contributed by atoms with Crippen molar-refractivity contribution >= 4 is 55.7 Å². The van der Waals surface area contributed by atoms with Crippen LogP contribution in [0.4, 0.5) is 0 Å². The molecule has 19 heavy (non-hydrogen) atoms. The van der Waals surface area contributed by atoms with Crippen LogP contribution in [0, 0.1) is 0 Å². The summed E-state index contributed by atoms with van der Waals surface area (Å²) < 4.78 is 1.17. The van der Waals surface area contributed by atoms with Crippen LogP contribution in [0.15, 0.2) is 33.5 Å². The zero-order valence-electron chi connectivity index (χ0n) is 10.3. The Morgan fingerprint density at radius 2 is 2.26 bits per heavy atom. The molecule has 0 saturated carbocycles. The predicted octanol–water partition coefficient (Wildman–Crippen LogP) is 4.66. The van der Waals surface area contributed by atoms with E-state index < -0.39 is 0 Å². The van der Waals surface area contributed by atoms with Gasteiger partial charge >= 0.3 is 0 Å². The number of fused-ring (bicyclic) bond motifs is 2. The Hall–Kier alpha value is -0.970. The average Bonchev–Trinajstić information content (AvgIpc) is 3.02. The molecule has 4 rings (SSSR count). The lowest BCUT2D eigenvalue weighted by Crippen LogP contribution is -2.19. The van der Waals surface area contributed by atoms with E-state index in [1.165, 1.54) is 26.3 Å². The van der Waals surface area contributed by atoms with E-state index in [0.717, 1.165) is 23.3 Å². The number of aliphatic imine (C=N–C) groups is 1. The lowest BCUT2D eigenvalue weighted by atomic mass is 10.1. The lowest BCUT2D eigenvalue weighted by Gasteiger charge is -2.17. The largest absolute Gasteiger partial charge is 0.318 e. The van der Waals surface area contributed by atoms with Gasteiger partial charge in [0.25, 0.3) is 0 Å². The van der Waals surface area contributed by atoms with Crippen molar-refractivity contribution < 1.29 is 0 Å². The van der Waals surface area contributed by atoms with Gasteiger partial charge in [-0.05, 0) is 35.9 Å². The summed E-state index contributed by atoms with van der Waals surface area (Å²) in [6.45, 7) is 4.04. The monoisotopic (exact) mass is 306 g/mol. The highest BCUT2D eigenvalue weighted by atomic mass is 35.5. The maximum atomic E-state index is 6.40. The number of benzene rings is 1. The number of thiophene rings is 1. The Morgan fingerprint density at radius 3 is 3.16 bits per heavy atom. The molecular formula is C14H11ClN2S2. The molecule has 0 bridgehead atoms. The van der Waals surface area contributed by atoms with Crippen molar-refractivity contribution in [3.05, 3.63) is 39.1 Å². The normalized spacial score (nSPS) is 18.4. The summed E-state index contributed by atoms with van der Waals surface area (Å²) in [6, 6.07) is 6.45. The number of allylic oxidation sites excluding steroid dienone is 1. The van der Waals surface area contributed by atoms with Gasteiger partial charge in [-0.3, -0.25) is 4.99 Å². The number of halogens is 1. The van der Waals surface area contributed by atoms with Crippen molar-refractivity contribution in [2.75, 3.05) is 13.1 Å². The van der Waals surface area contributed by atoms with Crippen LogP contribution in [0.5, 0.6) is 0 Å². The number of hydrogen-bond donors (Lipinski definition) is 0. The molecule has 2 aliphatic rings. The molecule has 3 heterocycles. The Labute approximate surface area is 124 Å². The number of rotatable bonds is 1. The molecule has 5 heteroatoms. The number of amidine groups is 1. The van der Waals surface area contributed by atoms with Gasteiger partial charge in [0.2, 0.25) is 0 Å². The minimum atomic E-state index is 0.845. The van der Waals surface area contributed by atoms with Gasteiger partial charge in [-0.15, -0.1) is 11.3 Å². The molecule has 0 atom stereocenters. The molecule has 1 aromatic carbocycles. The zero-order chi connectivity index (χ0) is 13.0. The SMILES string of the molecule is CC1=C(c2cc(Cl)c3sccc3c2)N2CCN=C2S1. The highest BCUT2D eigenvalue weighted by Gasteiger charge is 2.31. The standard InChI is InChI=1S/C14H11ClN2S2/c1-8-12(17-4-3-16-14(17)19-8)10-6-9-2-5-18-13(9)11(15)7-10/h2,5-7H,3-4H2,1H3. The lowest BCUT2D eigenvalue weighted by molar-refractivity contribution is 0.648. The molecule has 0 saturated heterocycles. The number of hydrogen-bond acceptors (Lipinski definition) is 4. The summed E-state index contributed by atoms with van der Waals surface area (Å²) in [4.78, 5) is 8.15. The summed E-state index contributed by atoms with van der Waals surface area (Å²) in [6.07, 6.45) is 0. The summed E-state index contributed by atoms with van der Waals surface area (Å²) in [5.74, 6) is 0. The fraction of sp³-hybridized carbons (Fsp3) is 0.214. The third-order valence-corrected chi connectivity index (χ3v) is 5.83. The molecule has 0 radical (unpaired) electrons. The van der Waals surface area contributed by atoms with Crippen LogP contribution < -0.4 is 0 Å².